The van der Waals surface area contributed by atoms with Gasteiger partial charge in [-0.3, -0.25) is 4.68 Å². The van der Waals surface area contributed by atoms with Crippen LogP contribution in [0.5, 0.6) is 0 Å². The Labute approximate surface area is 113 Å². The molecule has 0 spiro atoms. The Bertz CT molecular complexity index is 527. The molecule has 6 nitrogen and oxygen atoms in total. The van der Waals surface area contributed by atoms with Gasteiger partial charge in [0, 0.05) is 13.6 Å². The highest BCUT2D eigenvalue weighted by molar-refractivity contribution is 5.22. The molecule has 0 saturated heterocycles. The molecule has 104 valence electrons. The monoisotopic (exact) mass is 262 g/mol. The summed E-state index contributed by atoms with van der Waals surface area (Å²) in [5.74, 6) is 0. The molecule has 0 aliphatic rings. The molecule has 1 unspecified atom stereocenters. The number of hydrogen-bond acceptors (Lipinski definition) is 4. The first-order valence-corrected chi connectivity index (χ1v) is 6.79. The molecule has 2 aromatic rings. The van der Waals surface area contributed by atoms with Crippen LogP contribution in [-0.4, -0.2) is 31.3 Å². The summed E-state index contributed by atoms with van der Waals surface area (Å²) in [4.78, 5) is 0. The average Bonchev–Trinajstić information content (AvgIpc) is 2.94. The van der Waals surface area contributed by atoms with Crippen LogP contribution in [0.4, 0.5) is 0 Å². The van der Waals surface area contributed by atoms with Gasteiger partial charge in [-0.2, -0.15) is 5.10 Å². The van der Waals surface area contributed by atoms with Crippen LogP contribution in [0.15, 0.2) is 12.3 Å². The highest BCUT2D eigenvalue weighted by Gasteiger charge is 2.21. The topological polar surface area (TPSA) is 60.6 Å². The van der Waals surface area contributed by atoms with Gasteiger partial charge in [-0.25, -0.2) is 4.68 Å². The lowest BCUT2D eigenvalue weighted by molar-refractivity contribution is 0.494. The van der Waals surface area contributed by atoms with Crippen LogP contribution >= 0.6 is 0 Å². The third-order valence-corrected chi connectivity index (χ3v) is 3.12. The Hall–Kier alpha value is -1.69. The number of aromatic nitrogens is 5. The lowest BCUT2D eigenvalue weighted by Crippen LogP contribution is -2.26. The van der Waals surface area contributed by atoms with Gasteiger partial charge < -0.3 is 5.32 Å². The van der Waals surface area contributed by atoms with E-state index in [1.807, 2.05) is 29.5 Å². The van der Waals surface area contributed by atoms with Crippen LogP contribution in [0.3, 0.4) is 0 Å². The van der Waals surface area contributed by atoms with Gasteiger partial charge in [0.1, 0.15) is 0 Å². The molecule has 19 heavy (non-hydrogen) atoms. The quantitative estimate of drug-likeness (QED) is 0.855. The molecule has 0 aliphatic carbocycles. The summed E-state index contributed by atoms with van der Waals surface area (Å²) in [7, 11) is 1.97. The van der Waals surface area contributed by atoms with Crippen molar-refractivity contribution in [3.8, 4) is 0 Å². The van der Waals surface area contributed by atoms with Crippen molar-refractivity contribution in [3.05, 3.63) is 29.3 Å². The summed E-state index contributed by atoms with van der Waals surface area (Å²) < 4.78 is 3.89. The van der Waals surface area contributed by atoms with Gasteiger partial charge in [-0.05, 0) is 26.0 Å². The first kappa shape index (κ1) is 13.7. The summed E-state index contributed by atoms with van der Waals surface area (Å²) in [6.07, 6.45) is 2.88. The largest absolute Gasteiger partial charge is 0.304 e. The normalized spacial score (nSPS) is 12.8. The maximum Gasteiger partial charge on any atom is 0.0935 e. The molecular weight excluding hydrogens is 240 g/mol. The van der Waals surface area contributed by atoms with Crippen LogP contribution in [0.25, 0.3) is 0 Å². The highest BCUT2D eigenvalue weighted by Crippen LogP contribution is 2.21. The average molecular weight is 262 g/mol. The van der Waals surface area contributed by atoms with Gasteiger partial charge in [-0.1, -0.05) is 19.1 Å². The SMILES string of the molecule is CCCn1nncc1C(NCC)c1cc(C)nn1C. The molecule has 1 N–H and O–H groups in total. The number of nitrogens with one attached hydrogen (secondary N) is 1. The molecule has 0 aromatic carbocycles. The smallest absolute Gasteiger partial charge is 0.0935 e. The predicted octanol–water partition coefficient (Wildman–Crippen LogP) is 1.43. The zero-order valence-electron chi connectivity index (χ0n) is 12.1. The van der Waals surface area contributed by atoms with E-state index in [0.29, 0.717) is 0 Å². The third kappa shape index (κ3) is 2.84. The summed E-state index contributed by atoms with van der Waals surface area (Å²) in [5.41, 5.74) is 3.25. The van der Waals surface area contributed by atoms with E-state index in [1.54, 1.807) is 0 Å². The minimum atomic E-state index is 0.0812. The maximum absolute atomic E-state index is 4.43. The third-order valence-electron chi connectivity index (χ3n) is 3.12. The molecule has 0 radical (unpaired) electrons. The number of aryl methyl sites for hydroxylation is 3. The van der Waals surface area contributed by atoms with E-state index in [9.17, 15) is 0 Å². The standard InChI is InChI=1S/C13H22N6/c1-5-7-19-12(9-15-17-19)13(14-6-2)11-8-10(3)16-18(11)4/h8-9,13-14H,5-7H2,1-4H3. The Morgan fingerprint density at radius 2 is 2.11 bits per heavy atom. The minimum Gasteiger partial charge on any atom is -0.304 e. The summed E-state index contributed by atoms with van der Waals surface area (Å²) in [5, 5.41) is 16.1. The molecule has 2 rings (SSSR count). The van der Waals surface area contributed by atoms with Crippen molar-refractivity contribution in [2.45, 2.75) is 39.8 Å². The van der Waals surface area contributed by atoms with Crippen molar-refractivity contribution >= 4 is 0 Å². The summed E-state index contributed by atoms with van der Waals surface area (Å²) >= 11 is 0. The molecular formula is C13H22N6. The van der Waals surface area contributed by atoms with Gasteiger partial charge in [0.2, 0.25) is 0 Å². The van der Waals surface area contributed by atoms with E-state index in [1.165, 1.54) is 0 Å². The first-order chi connectivity index (χ1) is 9.17. The highest BCUT2D eigenvalue weighted by atomic mass is 15.4. The lowest BCUT2D eigenvalue weighted by atomic mass is 10.1. The van der Waals surface area contributed by atoms with Crippen LogP contribution in [0.2, 0.25) is 0 Å². The fourth-order valence-corrected chi connectivity index (χ4v) is 2.34. The molecule has 0 bridgehead atoms. The van der Waals surface area contributed by atoms with Crippen LogP contribution in [0.1, 0.15) is 43.4 Å². The second-order valence-electron chi connectivity index (χ2n) is 4.71. The van der Waals surface area contributed by atoms with Crippen molar-refractivity contribution in [3.63, 3.8) is 0 Å². The van der Waals surface area contributed by atoms with Crippen LogP contribution in [-0.2, 0) is 13.6 Å². The molecule has 0 fully saturated rings. The van der Waals surface area contributed by atoms with Crippen LogP contribution < -0.4 is 5.32 Å². The molecule has 0 aliphatic heterocycles. The van der Waals surface area contributed by atoms with E-state index in [4.69, 9.17) is 0 Å². The van der Waals surface area contributed by atoms with Crippen molar-refractivity contribution in [2.24, 2.45) is 7.05 Å². The Kier molecular flexibility index (Phi) is 4.31. The lowest BCUT2D eigenvalue weighted by Gasteiger charge is -2.18. The molecule has 0 saturated carbocycles. The minimum absolute atomic E-state index is 0.0812. The Morgan fingerprint density at radius 1 is 1.32 bits per heavy atom. The van der Waals surface area contributed by atoms with Gasteiger partial charge >= 0.3 is 0 Å². The number of rotatable bonds is 6. The van der Waals surface area contributed by atoms with Crippen molar-refractivity contribution in [2.75, 3.05) is 6.54 Å². The van der Waals surface area contributed by atoms with Gasteiger partial charge in [0.05, 0.1) is 29.3 Å². The van der Waals surface area contributed by atoms with E-state index in [0.717, 1.165) is 36.6 Å². The van der Waals surface area contributed by atoms with Crippen molar-refractivity contribution in [1.82, 2.24) is 30.1 Å². The van der Waals surface area contributed by atoms with Crippen molar-refractivity contribution in [1.29, 1.82) is 0 Å². The van der Waals surface area contributed by atoms with Crippen molar-refractivity contribution < 1.29 is 0 Å². The summed E-state index contributed by atoms with van der Waals surface area (Å²) in [6, 6.07) is 2.19. The molecule has 2 aromatic heterocycles. The second-order valence-corrected chi connectivity index (χ2v) is 4.71. The maximum atomic E-state index is 4.43. The molecule has 2 heterocycles. The van der Waals surface area contributed by atoms with E-state index in [2.05, 4.69) is 40.6 Å². The fourth-order valence-electron chi connectivity index (χ4n) is 2.34. The number of nitrogens with zero attached hydrogens (tertiary/aromatic N) is 5. The second kappa shape index (κ2) is 5.97. The molecule has 0 amide bonds. The summed E-state index contributed by atoms with van der Waals surface area (Å²) in [6.45, 7) is 8.01. The van der Waals surface area contributed by atoms with Gasteiger partial charge in [0.25, 0.3) is 0 Å². The van der Waals surface area contributed by atoms with Crippen LogP contribution in [0, 0.1) is 6.92 Å². The van der Waals surface area contributed by atoms with E-state index < -0.39 is 0 Å². The first-order valence-electron chi connectivity index (χ1n) is 6.79. The van der Waals surface area contributed by atoms with Gasteiger partial charge in [0.15, 0.2) is 0 Å². The molecule has 1 atom stereocenters. The predicted molar refractivity (Wildman–Crippen MR) is 73.8 cm³/mol. The fraction of sp³-hybridized carbons (Fsp3) is 0.615. The van der Waals surface area contributed by atoms with E-state index in [-0.39, 0.29) is 6.04 Å². The zero-order chi connectivity index (χ0) is 13.8. The zero-order valence-corrected chi connectivity index (χ0v) is 12.1. The van der Waals surface area contributed by atoms with E-state index >= 15 is 0 Å². The van der Waals surface area contributed by atoms with Gasteiger partial charge in [-0.15, -0.1) is 5.10 Å². The Balaban J connectivity index is 2.39. The Morgan fingerprint density at radius 3 is 2.68 bits per heavy atom. The number of hydrogen-bond donors (Lipinski definition) is 1. The molecule has 6 heteroatoms.